The zero-order valence-corrected chi connectivity index (χ0v) is 8.99. The van der Waals surface area contributed by atoms with Gasteiger partial charge in [-0.3, -0.25) is 4.79 Å². The number of hydrogen-bond acceptors (Lipinski definition) is 3. The van der Waals surface area contributed by atoms with Crippen LogP contribution in [-0.4, -0.2) is 41.1 Å². The van der Waals surface area contributed by atoms with Gasteiger partial charge in [-0.25, -0.2) is 0 Å². The first-order chi connectivity index (χ1) is 6.45. The Morgan fingerprint density at radius 1 is 1.64 bits per heavy atom. The summed E-state index contributed by atoms with van der Waals surface area (Å²) < 4.78 is 0. The molecule has 0 bridgehead atoms. The molecular weight excluding hydrogens is 180 g/mol. The molecule has 1 unspecified atom stereocenters. The van der Waals surface area contributed by atoms with Gasteiger partial charge in [-0.15, -0.1) is 0 Å². The van der Waals surface area contributed by atoms with Crippen molar-refractivity contribution in [2.75, 3.05) is 19.7 Å². The van der Waals surface area contributed by atoms with Gasteiger partial charge in [0.25, 0.3) is 0 Å². The van der Waals surface area contributed by atoms with Gasteiger partial charge in [0, 0.05) is 19.7 Å². The van der Waals surface area contributed by atoms with Crippen LogP contribution in [0.5, 0.6) is 0 Å². The third kappa shape index (κ3) is 2.69. The van der Waals surface area contributed by atoms with Crippen LogP contribution in [0.3, 0.4) is 0 Å². The Labute approximate surface area is 85.1 Å². The summed E-state index contributed by atoms with van der Waals surface area (Å²) in [5, 5.41) is 9.02. The molecule has 1 aliphatic heterocycles. The van der Waals surface area contributed by atoms with Crippen molar-refractivity contribution in [3.63, 3.8) is 0 Å². The molecule has 1 atom stereocenters. The van der Waals surface area contributed by atoms with Crippen molar-refractivity contribution in [3.05, 3.63) is 0 Å². The van der Waals surface area contributed by atoms with Crippen LogP contribution in [0.2, 0.25) is 0 Å². The van der Waals surface area contributed by atoms with Crippen molar-refractivity contribution >= 4 is 5.91 Å². The van der Waals surface area contributed by atoms with Gasteiger partial charge in [0.1, 0.15) is 0 Å². The Balaban J connectivity index is 2.56. The molecule has 0 aliphatic carbocycles. The molecule has 82 valence electrons. The van der Waals surface area contributed by atoms with E-state index in [1.807, 2.05) is 0 Å². The van der Waals surface area contributed by atoms with Crippen LogP contribution in [0.1, 0.15) is 26.7 Å². The number of amides is 1. The number of carbonyl (C=O) groups excluding carboxylic acids is 1. The van der Waals surface area contributed by atoms with Gasteiger partial charge < -0.3 is 15.7 Å². The fourth-order valence-electron chi connectivity index (χ4n) is 1.81. The van der Waals surface area contributed by atoms with Crippen molar-refractivity contribution in [1.29, 1.82) is 0 Å². The summed E-state index contributed by atoms with van der Waals surface area (Å²) >= 11 is 0. The maximum atomic E-state index is 11.8. The van der Waals surface area contributed by atoms with E-state index < -0.39 is 5.54 Å². The van der Waals surface area contributed by atoms with Crippen LogP contribution in [0.4, 0.5) is 0 Å². The average molecular weight is 200 g/mol. The highest BCUT2D eigenvalue weighted by atomic mass is 16.3. The van der Waals surface area contributed by atoms with Gasteiger partial charge in [-0.1, -0.05) is 0 Å². The van der Waals surface area contributed by atoms with E-state index in [0.29, 0.717) is 6.54 Å². The lowest BCUT2D eigenvalue weighted by Gasteiger charge is -2.35. The molecule has 1 rings (SSSR count). The van der Waals surface area contributed by atoms with E-state index >= 15 is 0 Å². The van der Waals surface area contributed by atoms with Gasteiger partial charge in [-0.2, -0.15) is 0 Å². The zero-order valence-electron chi connectivity index (χ0n) is 8.99. The fraction of sp³-hybridized carbons (Fsp3) is 0.900. The molecule has 1 aliphatic rings. The van der Waals surface area contributed by atoms with Crippen LogP contribution in [0.25, 0.3) is 0 Å². The van der Waals surface area contributed by atoms with E-state index in [9.17, 15) is 4.79 Å². The molecule has 3 N–H and O–H groups in total. The average Bonchev–Trinajstić information content (AvgIpc) is 2.15. The highest BCUT2D eigenvalue weighted by Crippen LogP contribution is 2.18. The lowest BCUT2D eigenvalue weighted by atomic mass is 9.96. The van der Waals surface area contributed by atoms with Gasteiger partial charge in [0.05, 0.1) is 5.54 Å². The van der Waals surface area contributed by atoms with E-state index in [-0.39, 0.29) is 18.4 Å². The summed E-state index contributed by atoms with van der Waals surface area (Å²) in [6.07, 6.45) is 1.97. The molecule has 0 saturated carbocycles. The molecule has 1 saturated heterocycles. The Hall–Kier alpha value is -0.610. The summed E-state index contributed by atoms with van der Waals surface area (Å²) in [7, 11) is 0. The van der Waals surface area contributed by atoms with Crippen LogP contribution < -0.4 is 5.73 Å². The number of likely N-dealkylation sites (tertiary alicyclic amines) is 1. The van der Waals surface area contributed by atoms with Gasteiger partial charge in [0.2, 0.25) is 5.91 Å². The van der Waals surface area contributed by atoms with E-state index in [2.05, 4.69) is 0 Å². The Morgan fingerprint density at radius 2 is 2.29 bits per heavy atom. The number of aliphatic hydroxyl groups is 1. The molecule has 0 radical (unpaired) electrons. The summed E-state index contributed by atoms with van der Waals surface area (Å²) in [5.41, 5.74) is 4.95. The predicted molar refractivity (Wildman–Crippen MR) is 54.7 cm³/mol. The Morgan fingerprint density at radius 3 is 2.79 bits per heavy atom. The monoisotopic (exact) mass is 200 g/mol. The van der Waals surface area contributed by atoms with Crippen molar-refractivity contribution in [3.8, 4) is 0 Å². The summed E-state index contributed by atoms with van der Waals surface area (Å²) in [4.78, 5) is 13.6. The molecule has 14 heavy (non-hydrogen) atoms. The Kier molecular flexibility index (Phi) is 3.50. The van der Waals surface area contributed by atoms with Crippen molar-refractivity contribution in [2.45, 2.75) is 32.2 Å². The van der Waals surface area contributed by atoms with Crippen LogP contribution in [0, 0.1) is 5.92 Å². The molecule has 1 amide bonds. The summed E-state index contributed by atoms with van der Waals surface area (Å²) in [6.45, 7) is 5.02. The van der Waals surface area contributed by atoms with E-state index in [1.54, 1.807) is 18.7 Å². The SMILES string of the molecule is CC(C)(N)C(=O)N1CCCC(CO)C1. The minimum atomic E-state index is -0.794. The first-order valence-electron chi connectivity index (χ1n) is 5.14. The number of nitrogens with zero attached hydrogens (tertiary/aromatic N) is 1. The molecule has 0 aromatic carbocycles. The number of rotatable bonds is 2. The molecular formula is C10H20N2O2. The van der Waals surface area contributed by atoms with Crippen molar-refractivity contribution in [2.24, 2.45) is 11.7 Å². The largest absolute Gasteiger partial charge is 0.396 e. The maximum Gasteiger partial charge on any atom is 0.242 e. The second-order valence-corrected chi connectivity index (χ2v) is 4.66. The number of aliphatic hydroxyl groups excluding tert-OH is 1. The lowest BCUT2D eigenvalue weighted by Crippen LogP contribution is -2.54. The lowest BCUT2D eigenvalue weighted by molar-refractivity contribution is -0.137. The maximum absolute atomic E-state index is 11.8. The standard InChI is InChI=1S/C10H20N2O2/c1-10(2,11)9(14)12-5-3-4-8(6-12)7-13/h8,13H,3-7,11H2,1-2H3. The number of piperidine rings is 1. The third-order valence-electron chi connectivity index (χ3n) is 2.62. The minimum Gasteiger partial charge on any atom is -0.396 e. The van der Waals surface area contributed by atoms with E-state index in [4.69, 9.17) is 10.8 Å². The minimum absolute atomic E-state index is 0.0179. The van der Waals surface area contributed by atoms with E-state index in [0.717, 1.165) is 19.4 Å². The van der Waals surface area contributed by atoms with Crippen molar-refractivity contribution < 1.29 is 9.90 Å². The molecule has 4 nitrogen and oxygen atoms in total. The molecule has 0 aromatic heterocycles. The van der Waals surface area contributed by atoms with Gasteiger partial charge >= 0.3 is 0 Å². The number of carbonyl (C=O) groups is 1. The highest BCUT2D eigenvalue weighted by Gasteiger charge is 2.30. The van der Waals surface area contributed by atoms with Gasteiger partial charge in [-0.05, 0) is 32.6 Å². The van der Waals surface area contributed by atoms with Crippen LogP contribution in [-0.2, 0) is 4.79 Å². The third-order valence-corrected chi connectivity index (χ3v) is 2.62. The molecule has 1 fully saturated rings. The van der Waals surface area contributed by atoms with Crippen LogP contribution >= 0.6 is 0 Å². The molecule has 1 heterocycles. The smallest absolute Gasteiger partial charge is 0.242 e. The first kappa shape index (κ1) is 11.5. The molecule has 0 spiro atoms. The fourth-order valence-corrected chi connectivity index (χ4v) is 1.81. The normalized spacial score (nSPS) is 23.7. The summed E-state index contributed by atoms with van der Waals surface area (Å²) in [5.74, 6) is 0.214. The predicted octanol–water partition coefficient (Wildman–Crippen LogP) is -0.0454. The second kappa shape index (κ2) is 4.28. The topological polar surface area (TPSA) is 66.6 Å². The van der Waals surface area contributed by atoms with E-state index in [1.165, 1.54) is 0 Å². The first-order valence-corrected chi connectivity index (χ1v) is 5.14. The Bertz CT molecular complexity index is 211. The molecule has 4 heteroatoms. The quantitative estimate of drug-likeness (QED) is 0.657. The van der Waals surface area contributed by atoms with Crippen molar-refractivity contribution in [1.82, 2.24) is 4.90 Å². The van der Waals surface area contributed by atoms with Crippen LogP contribution in [0.15, 0.2) is 0 Å². The summed E-state index contributed by atoms with van der Waals surface area (Å²) in [6, 6.07) is 0. The van der Waals surface area contributed by atoms with Gasteiger partial charge in [0.15, 0.2) is 0 Å². The highest BCUT2D eigenvalue weighted by molar-refractivity contribution is 5.85. The zero-order chi connectivity index (χ0) is 10.8. The number of hydrogen-bond donors (Lipinski definition) is 2. The number of nitrogens with two attached hydrogens (primary N) is 1. The second-order valence-electron chi connectivity index (χ2n) is 4.66. The molecule has 0 aromatic rings.